The van der Waals surface area contributed by atoms with Crippen LogP contribution in [-0.4, -0.2) is 43.5 Å². The smallest absolute Gasteiger partial charge is 0.321 e. The standard InChI is InChI=1S/C14H21NO5S/c1-5-12(14(16)17)15(4)21(18,19)11-7-8-13(20-6-2)10(3)9-11/h7-9,12H,5-6H2,1-4H3,(H,16,17). The largest absolute Gasteiger partial charge is 0.494 e. The molecule has 0 saturated carbocycles. The highest BCUT2D eigenvalue weighted by Crippen LogP contribution is 2.24. The second-order valence-corrected chi connectivity index (χ2v) is 6.64. The third kappa shape index (κ3) is 3.74. The maximum atomic E-state index is 12.5. The minimum Gasteiger partial charge on any atom is -0.494 e. The van der Waals surface area contributed by atoms with Crippen molar-refractivity contribution < 1.29 is 23.1 Å². The summed E-state index contributed by atoms with van der Waals surface area (Å²) in [5.41, 5.74) is 0.690. The first-order valence-electron chi connectivity index (χ1n) is 6.70. The van der Waals surface area contributed by atoms with Crippen LogP contribution in [0.25, 0.3) is 0 Å². The lowest BCUT2D eigenvalue weighted by molar-refractivity contribution is -0.141. The molecule has 0 fully saturated rings. The minimum absolute atomic E-state index is 0.0608. The van der Waals surface area contributed by atoms with E-state index < -0.39 is 22.0 Å². The van der Waals surface area contributed by atoms with E-state index in [1.54, 1.807) is 19.9 Å². The van der Waals surface area contributed by atoms with Gasteiger partial charge in [0.05, 0.1) is 11.5 Å². The maximum absolute atomic E-state index is 12.5. The van der Waals surface area contributed by atoms with Gasteiger partial charge in [0, 0.05) is 7.05 Å². The lowest BCUT2D eigenvalue weighted by atomic mass is 10.2. The first-order chi connectivity index (χ1) is 9.75. The molecule has 1 unspecified atom stereocenters. The van der Waals surface area contributed by atoms with Crippen LogP contribution in [0.2, 0.25) is 0 Å². The molecule has 0 aliphatic carbocycles. The van der Waals surface area contributed by atoms with E-state index in [0.29, 0.717) is 17.9 Å². The molecule has 0 amide bonds. The number of ether oxygens (including phenoxy) is 1. The second kappa shape index (κ2) is 6.91. The van der Waals surface area contributed by atoms with Crippen LogP contribution in [-0.2, 0) is 14.8 Å². The van der Waals surface area contributed by atoms with Crippen LogP contribution in [0.1, 0.15) is 25.8 Å². The molecule has 0 bridgehead atoms. The van der Waals surface area contributed by atoms with Crippen LogP contribution in [0.5, 0.6) is 5.75 Å². The summed E-state index contributed by atoms with van der Waals surface area (Å²) in [5.74, 6) is -0.546. The number of carbonyl (C=O) groups is 1. The van der Waals surface area contributed by atoms with Gasteiger partial charge in [0.15, 0.2) is 0 Å². The summed E-state index contributed by atoms with van der Waals surface area (Å²) in [5, 5.41) is 9.10. The van der Waals surface area contributed by atoms with Gasteiger partial charge in [-0.3, -0.25) is 4.79 Å². The van der Waals surface area contributed by atoms with Gasteiger partial charge < -0.3 is 9.84 Å². The van der Waals surface area contributed by atoms with E-state index in [1.165, 1.54) is 19.2 Å². The Morgan fingerprint density at radius 3 is 2.43 bits per heavy atom. The maximum Gasteiger partial charge on any atom is 0.321 e. The summed E-state index contributed by atoms with van der Waals surface area (Å²) in [7, 11) is -2.57. The zero-order valence-electron chi connectivity index (χ0n) is 12.7. The van der Waals surface area contributed by atoms with Crippen LogP contribution < -0.4 is 4.74 Å². The van der Waals surface area contributed by atoms with Crippen molar-refractivity contribution in [2.75, 3.05) is 13.7 Å². The second-order valence-electron chi connectivity index (χ2n) is 4.64. The molecule has 1 N–H and O–H groups in total. The molecule has 21 heavy (non-hydrogen) atoms. The molecule has 0 aromatic heterocycles. The van der Waals surface area contributed by atoms with Crippen LogP contribution in [0, 0.1) is 6.92 Å². The van der Waals surface area contributed by atoms with Crippen LogP contribution >= 0.6 is 0 Å². The molecule has 0 heterocycles. The fraction of sp³-hybridized carbons (Fsp3) is 0.500. The highest BCUT2D eigenvalue weighted by molar-refractivity contribution is 7.89. The molecule has 0 spiro atoms. The van der Waals surface area contributed by atoms with Crippen molar-refractivity contribution in [3.63, 3.8) is 0 Å². The summed E-state index contributed by atoms with van der Waals surface area (Å²) >= 11 is 0. The average Bonchev–Trinajstić information content (AvgIpc) is 2.41. The highest BCUT2D eigenvalue weighted by atomic mass is 32.2. The van der Waals surface area contributed by atoms with Crippen molar-refractivity contribution in [1.29, 1.82) is 0 Å². The number of sulfonamides is 1. The van der Waals surface area contributed by atoms with Gasteiger partial charge in [-0.1, -0.05) is 6.92 Å². The number of hydrogen-bond donors (Lipinski definition) is 1. The van der Waals surface area contributed by atoms with Gasteiger partial charge in [0.2, 0.25) is 10.0 Å². The van der Waals surface area contributed by atoms with Crippen molar-refractivity contribution in [3.8, 4) is 5.75 Å². The Morgan fingerprint density at radius 2 is 2.00 bits per heavy atom. The molecule has 118 valence electrons. The highest BCUT2D eigenvalue weighted by Gasteiger charge is 2.31. The number of nitrogens with zero attached hydrogens (tertiary/aromatic N) is 1. The molecule has 0 radical (unpaired) electrons. The fourth-order valence-electron chi connectivity index (χ4n) is 2.02. The summed E-state index contributed by atoms with van der Waals surface area (Å²) in [6.45, 7) is 5.72. The summed E-state index contributed by atoms with van der Waals surface area (Å²) < 4.78 is 31.2. The molecule has 1 aromatic rings. The van der Waals surface area contributed by atoms with Gasteiger partial charge >= 0.3 is 5.97 Å². The number of likely N-dealkylation sites (N-methyl/N-ethyl adjacent to an activating group) is 1. The summed E-state index contributed by atoms with van der Waals surface area (Å²) in [6.07, 6.45) is 0.196. The Kier molecular flexibility index (Phi) is 5.74. The minimum atomic E-state index is -3.85. The molecule has 6 nitrogen and oxygen atoms in total. The molecular formula is C14H21NO5S. The van der Waals surface area contributed by atoms with Gasteiger partial charge in [-0.15, -0.1) is 0 Å². The molecule has 1 atom stereocenters. The van der Waals surface area contributed by atoms with E-state index in [0.717, 1.165) is 4.31 Å². The summed E-state index contributed by atoms with van der Waals surface area (Å²) in [6, 6.07) is 3.42. The number of aryl methyl sites for hydroxylation is 1. The first kappa shape index (κ1) is 17.5. The number of benzene rings is 1. The Bertz CT molecular complexity index is 612. The van der Waals surface area contributed by atoms with Crippen molar-refractivity contribution >= 4 is 16.0 Å². The SMILES string of the molecule is CCOc1ccc(S(=O)(=O)N(C)C(CC)C(=O)O)cc1C. The molecule has 7 heteroatoms. The fourth-order valence-corrected chi connectivity index (χ4v) is 3.49. The lowest BCUT2D eigenvalue weighted by Crippen LogP contribution is -2.41. The Morgan fingerprint density at radius 1 is 1.38 bits per heavy atom. The molecule has 1 aromatic carbocycles. The third-order valence-electron chi connectivity index (χ3n) is 3.23. The van der Waals surface area contributed by atoms with Crippen molar-refractivity contribution in [2.45, 2.75) is 38.1 Å². The monoisotopic (exact) mass is 315 g/mol. The number of rotatable bonds is 7. The van der Waals surface area contributed by atoms with Crippen LogP contribution in [0.15, 0.2) is 23.1 Å². The van der Waals surface area contributed by atoms with Crippen molar-refractivity contribution in [1.82, 2.24) is 4.31 Å². The van der Waals surface area contributed by atoms with Crippen molar-refractivity contribution in [3.05, 3.63) is 23.8 Å². The van der Waals surface area contributed by atoms with E-state index in [4.69, 9.17) is 9.84 Å². The molecular weight excluding hydrogens is 294 g/mol. The normalized spacial score (nSPS) is 13.2. The van der Waals surface area contributed by atoms with E-state index in [-0.39, 0.29) is 11.3 Å². The zero-order chi connectivity index (χ0) is 16.2. The van der Waals surface area contributed by atoms with E-state index in [2.05, 4.69) is 0 Å². The first-order valence-corrected chi connectivity index (χ1v) is 8.14. The van der Waals surface area contributed by atoms with Gasteiger partial charge in [-0.25, -0.2) is 8.42 Å². The zero-order valence-corrected chi connectivity index (χ0v) is 13.5. The molecule has 0 aliphatic heterocycles. The average molecular weight is 315 g/mol. The van der Waals surface area contributed by atoms with Gasteiger partial charge in [-0.2, -0.15) is 4.31 Å². The molecule has 1 rings (SSSR count). The van der Waals surface area contributed by atoms with Crippen LogP contribution in [0.3, 0.4) is 0 Å². The quantitative estimate of drug-likeness (QED) is 0.830. The van der Waals surface area contributed by atoms with Gasteiger partial charge in [0.1, 0.15) is 11.8 Å². The van der Waals surface area contributed by atoms with Crippen molar-refractivity contribution in [2.24, 2.45) is 0 Å². The molecule has 0 aliphatic rings. The Labute approximate surface area is 125 Å². The lowest BCUT2D eigenvalue weighted by Gasteiger charge is -2.23. The number of carboxylic acid groups (broad SMARTS) is 1. The van der Waals surface area contributed by atoms with E-state index >= 15 is 0 Å². The van der Waals surface area contributed by atoms with E-state index in [1.807, 2.05) is 6.92 Å². The Balaban J connectivity index is 3.19. The number of carboxylic acids is 1. The summed E-state index contributed by atoms with van der Waals surface area (Å²) in [4.78, 5) is 11.2. The predicted octanol–water partition coefficient (Wildman–Crippen LogP) is 1.88. The third-order valence-corrected chi connectivity index (χ3v) is 5.10. The predicted molar refractivity (Wildman–Crippen MR) is 79.0 cm³/mol. The topological polar surface area (TPSA) is 83.9 Å². The number of hydrogen-bond acceptors (Lipinski definition) is 4. The van der Waals surface area contributed by atoms with Crippen LogP contribution in [0.4, 0.5) is 0 Å². The number of aliphatic carboxylic acids is 1. The van der Waals surface area contributed by atoms with Gasteiger partial charge in [0.25, 0.3) is 0 Å². The van der Waals surface area contributed by atoms with E-state index in [9.17, 15) is 13.2 Å². The molecule has 0 saturated heterocycles. The van der Waals surface area contributed by atoms with Gasteiger partial charge in [-0.05, 0) is 44.0 Å². The Hall–Kier alpha value is -1.60.